The Bertz CT molecular complexity index is 1010. The maximum absolute atomic E-state index is 12.4. The van der Waals surface area contributed by atoms with Crippen LogP contribution in [0.4, 0.5) is 11.4 Å². The van der Waals surface area contributed by atoms with E-state index in [0.29, 0.717) is 12.3 Å². The van der Waals surface area contributed by atoms with Crippen LogP contribution in [-0.2, 0) is 16.2 Å². The topological polar surface area (TPSA) is 67.4 Å². The molecule has 6 heteroatoms. The second-order valence-electron chi connectivity index (χ2n) is 6.64. The molecule has 146 valence electrons. The SMILES string of the molecule is O=C(C[C@H]1Sc2ccccc2NC1=O)Nc1ccc(OCc2ccccc2)cc1. The van der Waals surface area contributed by atoms with Crippen LogP contribution in [0.1, 0.15) is 12.0 Å². The number of rotatable bonds is 6. The van der Waals surface area contributed by atoms with Crippen LogP contribution in [0.15, 0.2) is 83.8 Å². The molecule has 0 aliphatic carbocycles. The van der Waals surface area contributed by atoms with Crippen LogP contribution >= 0.6 is 11.8 Å². The van der Waals surface area contributed by atoms with E-state index in [9.17, 15) is 9.59 Å². The molecule has 1 aliphatic rings. The molecule has 2 N–H and O–H groups in total. The quantitative estimate of drug-likeness (QED) is 0.625. The van der Waals surface area contributed by atoms with E-state index in [1.807, 2.05) is 66.7 Å². The van der Waals surface area contributed by atoms with E-state index in [-0.39, 0.29) is 18.2 Å². The summed E-state index contributed by atoms with van der Waals surface area (Å²) in [6.07, 6.45) is 0.108. The van der Waals surface area contributed by atoms with Crippen molar-refractivity contribution in [3.8, 4) is 5.75 Å². The van der Waals surface area contributed by atoms with E-state index >= 15 is 0 Å². The summed E-state index contributed by atoms with van der Waals surface area (Å²) in [5.41, 5.74) is 2.56. The minimum absolute atomic E-state index is 0.108. The number of carbonyl (C=O) groups is 2. The summed E-state index contributed by atoms with van der Waals surface area (Å²) in [4.78, 5) is 25.6. The summed E-state index contributed by atoms with van der Waals surface area (Å²) in [5.74, 6) is 0.383. The predicted molar refractivity (Wildman–Crippen MR) is 115 cm³/mol. The molecule has 5 nitrogen and oxygen atoms in total. The maximum Gasteiger partial charge on any atom is 0.238 e. The number of hydrogen-bond donors (Lipinski definition) is 2. The average molecular weight is 404 g/mol. The van der Waals surface area contributed by atoms with Gasteiger partial charge in [-0.05, 0) is 42.0 Å². The highest BCUT2D eigenvalue weighted by atomic mass is 32.2. The normalized spacial score (nSPS) is 15.2. The van der Waals surface area contributed by atoms with Crippen LogP contribution in [0.3, 0.4) is 0 Å². The smallest absolute Gasteiger partial charge is 0.238 e. The largest absolute Gasteiger partial charge is 0.489 e. The molecule has 4 rings (SSSR count). The zero-order valence-corrected chi connectivity index (χ0v) is 16.4. The van der Waals surface area contributed by atoms with Gasteiger partial charge in [0.25, 0.3) is 0 Å². The van der Waals surface area contributed by atoms with Gasteiger partial charge >= 0.3 is 0 Å². The zero-order valence-electron chi connectivity index (χ0n) is 15.6. The van der Waals surface area contributed by atoms with Gasteiger partial charge in [0.1, 0.15) is 12.4 Å². The van der Waals surface area contributed by atoms with Crippen molar-refractivity contribution < 1.29 is 14.3 Å². The lowest BCUT2D eigenvalue weighted by Gasteiger charge is -2.23. The Morgan fingerprint density at radius 3 is 2.48 bits per heavy atom. The number of nitrogens with one attached hydrogen (secondary N) is 2. The monoisotopic (exact) mass is 404 g/mol. The van der Waals surface area contributed by atoms with E-state index in [2.05, 4.69) is 10.6 Å². The second-order valence-corrected chi connectivity index (χ2v) is 7.89. The van der Waals surface area contributed by atoms with Gasteiger partial charge in [0.2, 0.25) is 11.8 Å². The fourth-order valence-corrected chi connectivity index (χ4v) is 4.09. The van der Waals surface area contributed by atoms with Gasteiger partial charge in [-0.1, -0.05) is 42.5 Å². The highest BCUT2D eigenvalue weighted by Gasteiger charge is 2.28. The second kappa shape index (κ2) is 8.84. The number of benzene rings is 3. The Morgan fingerprint density at radius 2 is 1.69 bits per heavy atom. The maximum atomic E-state index is 12.4. The molecule has 3 aromatic carbocycles. The van der Waals surface area contributed by atoms with Crippen molar-refractivity contribution in [2.24, 2.45) is 0 Å². The van der Waals surface area contributed by atoms with Gasteiger partial charge in [0.15, 0.2) is 0 Å². The molecular formula is C23H20N2O3S. The molecule has 1 heterocycles. The number of para-hydroxylation sites is 1. The van der Waals surface area contributed by atoms with Crippen LogP contribution in [0.5, 0.6) is 5.75 Å². The molecule has 1 atom stereocenters. The fourth-order valence-electron chi connectivity index (χ4n) is 2.98. The van der Waals surface area contributed by atoms with Gasteiger partial charge in [0.05, 0.1) is 10.9 Å². The van der Waals surface area contributed by atoms with Gasteiger partial charge < -0.3 is 15.4 Å². The third-order valence-electron chi connectivity index (χ3n) is 4.46. The first kappa shape index (κ1) is 19.1. The molecular weight excluding hydrogens is 384 g/mol. The van der Waals surface area contributed by atoms with E-state index in [0.717, 1.165) is 21.9 Å². The van der Waals surface area contributed by atoms with Crippen molar-refractivity contribution in [3.63, 3.8) is 0 Å². The first-order valence-electron chi connectivity index (χ1n) is 9.30. The Labute approximate surface area is 173 Å². The van der Waals surface area contributed by atoms with Crippen LogP contribution in [-0.4, -0.2) is 17.1 Å². The average Bonchev–Trinajstić information content (AvgIpc) is 2.74. The summed E-state index contributed by atoms with van der Waals surface area (Å²) in [6, 6.07) is 24.7. The Balaban J connectivity index is 1.30. The molecule has 1 aliphatic heterocycles. The molecule has 0 spiro atoms. The highest BCUT2D eigenvalue weighted by Crippen LogP contribution is 2.36. The lowest BCUT2D eigenvalue weighted by Crippen LogP contribution is -2.32. The number of ether oxygens (including phenoxy) is 1. The first-order valence-corrected chi connectivity index (χ1v) is 10.2. The molecule has 0 saturated carbocycles. The number of anilines is 2. The standard InChI is InChI=1S/C23H20N2O3S/c26-22(14-21-23(27)25-19-8-4-5-9-20(19)29-21)24-17-10-12-18(13-11-17)28-15-16-6-2-1-3-7-16/h1-13,21H,14-15H2,(H,24,26)(H,25,27)/t21-/m1/s1. The van der Waals surface area contributed by atoms with Crippen LogP contribution in [0.25, 0.3) is 0 Å². The summed E-state index contributed by atoms with van der Waals surface area (Å²) >= 11 is 1.42. The number of hydrogen-bond acceptors (Lipinski definition) is 4. The van der Waals surface area contributed by atoms with Crippen molar-refractivity contribution in [1.29, 1.82) is 0 Å². The van der Waals surface area contributed by atoms with Gasteiger partial charge in [0, 0.05) is 17.0 Å². The van der Waals surface area contributed by atoms with E-state index < -0.39 is 5.25 Å². The molecule has 29 heavy (non-hydrogen) atoms. The number of carbonyl (C=O) groups excluding carboxylic acids is 2. The van der Waals surface area contributed by atoms with Crippen molar-refractivity contribution >= 4 is 35.0 Å². The summed E-state index contributed by atoms with van der Waals surface area (Å²) in [6.45, 7) is 0.488. The zero-order chi connectivity index (χ0) is 20.1. The molecule has 0 radical (unpaired) electrons. The summed E-state index contributed by atoms with van der Waals surface area (Å²) < 4.78 is 5.75. The predicted octanol–water partition coefficient (Wildman–Crippen LogP) is 4.71. The number of fused-ring (bicyclic) bond motifs is 1. The summed E-state index contributed by atoms with van der Waals surface area (Å²) in [5, 5.41) is 5.26. The lowest BCUT2D eigenvalue weighted by atomic mass is 10.2. The molecule has 0 fully saturated rings. The Kier molecular flexibility index (Phi) is 5.81. The lowest BCUT2D eigenvalue weighted by molar-refractivity contribution is -0.120. The van der Waals surface area contributed by atoms with Gasteiger partial charge in [-0.3, -0.25) is 9.59 Å². The van der Waals surface area contributed by atoms with Crippen molar-refractivity contribution in [1.82, 2.24) is 0 Å². The first-order chi connectivity index (χ1) is 14.2. The van der Waals surface area contributed by atoms with Gasteiger partial charge in [-0.2, -0.15) is 0 Å². The van der Waals surface area contributed by atoms with Crippen molar-refractivity contribution in [2.75, 3.05) is 10.6 Å². The van der Waals surface area contributed by atoms with Gasteiger partial charge in [-0.25, -0.2) is 0 Å². The van der Waals surface area contributed by atoms with Crippen molar-refractivity contribution in [2.45, 2.75) is 23.2 Å². The van der Waals surface area contributed by atoms with Gasteiger partial charge in [-0.15, -0.1) is 11.8 Å². The molecule has 0 saturated heterocycles. The summed E-state index contributed by atoms with van der Waals surface area (Å²) in [7, 11) is 0. The third kappa shape index (κ3) is 4.97. The Morgan fingerprint density at radius 1 is 0.966 bits per heavy atom. The van der Waals surface area contributed by atoms with Crippen LogP contribution in [0, 0.1) is 0 Å². The molecule has 3 aromatic rings. The van der Waals surface area contributed by atoms with Crippen LogP contribution < -0.4 is 15.4 Å². The number of amides is 2. The fraction of sp³-hybridized carbons (Fsp3) is 0.130. The van der Waals surface area contributed by atoms with E-state index in [1.165, 1.54) is 11.8 Å². The molecule has 0 bridgehead atoms. The third-order valence-corrected chi connectivity index (χ3v) is 5.74. The van der Waals surface area contributed by atoms with E-state index in [4.69, 9.17) is 4.74 Å². The molecule has 0 unspecified atom stereocenters. The Hall–Kier alpha value is -3.25. The highest BCUT2D eigenvalue weighted by molar-refractivity contribution is 8.01. The van der Waals surface area contributed by atoms with E-state index in [1.54, 1.807) is 12.1 Å². The number of thioether (sulfide) groups is 1. The van der Waals surface area contributed by atoms with Crippen LogP contribution in [0.2, 0.25) is 0 Å². The minimum Gasteiger partial charge on any atom is -0.489 e. The molecule has 0 aromatic heterocycles. The molecule has 2 amide bonds. The minimum atomic E-state index is -0.446. The van der Waals surface area contributed by atoms with Crippen molar-refractivity contribution in [3.05, 3.63) is 84.4 Å².